The largest absolute Gasteiger partial charge is 0.375 e. The molecule has 0 bridgehead atoms. The Morgan fingerprint density at radius 1 is 1.23 bits per heavy atom. The lowest BCUT2D eigenvalue weighted by Gasteiger charge is -2.19. The van der Waals surface area contributed by atoms with Gasteiger partial charge >= 0.3 is 0 Å². The standard InChI is InChI=1S/C7H13N.C2H6.CH4.B.H3N/c1-7(2)8-5-3-4-6-8;1-2;;;/h3,5,7H,4,6H2,1-2H3;1-2H3;1H4;;1H3. The van der Waals surface area contributed by atoms with Gasteiger partial charge in [0.2, 0.25) is 0 Å². The van der Waals surface area contributed by atoms with Crippen molar-refractivity contribution in [1.29, 1.82) is 0 Å². The quantitative estimate of drug-likeness (QED) is 0.637. The van der Waals surface area contributed by atoms with Crippen molar-refractivity contribution < 1.29 is 0 Å². The highest BCUT2D eigenvalue weighted by Gasteiger charge is 2.05. The van der Waals surface area contributed by atoms with Crippen molar-refractivity contribution in [3.63, 3.8) is 0 Å². The van der Waals surface area contributed by atoms with Gasteiger partial charge in [-0.15, -0.1) is 0 Å². The number of hydrogen-bond acceptors (Lipinski definition) is 2. The third-order valence-corrected chi connectivity index (χ3v) is 1.51. The summed E-state index contributed by atoms with van der Waals surface area (Å²) in [5.74, 6) is 0. The van der Waals surface area contributed by atoms with Crippen LogP contribution in [0.15, 0.2) is 12.3 Å². The highest BCUT2D eigenvalue weighted by atomic mass is 15.1. The zero-order chi connectivity index (χ0) is 7.98. The maximum Gasteiger partial charge on any atom is 0.0227 e. The molecule has 1 aliphatic rings. The van der Waals surface area contributed by atoms with Crippen LogP contribution in [-0.2, 0) is 0 Å². The Hall–Kier alpha value is -0.435. The molecule has 0 aromatic rings. The summed E-state index contributed by atoms with van der Waals surface area (Å²) in [4.78, 5) is 2.35. The lowest BCUT2D eigenvalue weighted by molar-refractivity contribution is 0.336. The predicted molar refractivity (Wildman–Crippen MR) is 64.5 cm³/mol. The van der Waals surface area contributed by atoms with Gasteiger partial charge in [-0.3, -0.25) is 0 Å². The van der Waals surface area contributed by atoms with Crippen molar-refractivity contribution in [2.75, 3.05) is 6.54 Å². The van der Waals surface area contributed by atoms with Gasteiger partial charge in [-0.2, -0.15) is 0 Å². The summed E-state index contributed by atoms with van der Waals surface area (Å²) in [6, 6.07) is 0.689. The molecule has 0 spiro atoms. The van der Waals surface area contributed by atoms with E-state index in [1.165, 1.54) is 13.0 Å². The second-order valence-corrected chi connectivity index (χ2v) is 2.51. The molecule has 3 heteroatoms. The molecule has 0 aliphatic carbocycles. The van der Waals surface area contributed by atoms with Gasteiger partial charge in [-0.1, -0.05) is 27.4 Å². The third-order valence-electron chi connectivity index (χ3n) is 1.51. The van der Waals surface area contributed by atoms with E-state index in [2.05, 4.69) is 31.0 Å². The second kappa shape index (κ2) is 14.1. The zero-order valence-electron chi connectivity index (χ0n) is 8.88. The molecule has 2 nitrogen and oxygen atoms in total. The SMILES string of the molecule is C.CC.CC(C)N1C=CCC1.N.[B]. The first kappa shape index (κ1) is 22.9. The normalized spacial score (nSPS) is 11.9. The van der Waals surface area contributed by atoms with E-state index >= 15 is 0 Å². The van der Waals surface area contributed by atoms with Gasteiger partial charge in [0.05, 0.1) is 0 Å². The first-order chi connectivity index (χ1) is 4.80. The molecule has 0 saturated heterocycles. The number of rotatable bonds is 1. The lowest BCUT2D eigenvalue weighted by Crippen LogP contribution is -2.22. The molecule has 0 aromatic heterocycles. The number of nitrogens with zero attached hydrogens (tertiary/aromatic N) is 1. The van der Waals surface area contributed by atoms with Crippen LogP contribution >= 0.6 is 0 Å². The molecule has 13 heavy (non-hydrogen) atoms. The number of hydrogen-bond donors (Lipinski definition) is 1. The first-order valence-electron chi connectivity index (χ1n) is 4.23. The van der Waals surface area contributed by atoms with Gasteiger partial charge in [-0.25, -0.2) is 0 Å². The molecule has 0 saturated carbocycles. The summed E-state index contributed by atoms with van der Waals surface area (Å²) < 4.78 is 0. The molecule has 1 heterocycles. The van der Waals surface area contributed by atoms with E-state index in [0.717, 1.165) is 0 Å². The van der Waals surface area contributed by atoms with Crippen LogP contribution in [0.4, 0.5) is 0 Å². The Kier molecular flexibility index (Phi) is 24.9. The summed E-state index contributed by atoms with van der Waals surface area (Å²) in [6.07, 6.45) is 5.64. The summed E-state index contributed by atoms with van der Waals surface area (Å²) in [5, 5.41) is 0. The van der Waals surface area contributed by atoms with Crippen molar-refractivity contribution in [2.45, 2.75) is 47.6 Å². The smallest absolute Gasteiger partial charge is 0.0227 e. The van der Waals surface area contributed by atoms with Crippen LogP contribution in [0.3, 0.4) is 0 Å². The summed E-state index contributed by atoms with van der Waals surface area (Å²) in [7, 11) is 0. The van der Waals surface area contributed by atoms with Crippen LogP contribution in [0.1, 0.15) is 41.5 Å². The minimum atomic E-state index is 0. The molecule has 0 amide bonds. The van der Waals surface area contributed by atoms with Crippen molar-refractivity contribution in [3.8, 4) is 0 Å². The van der Waals surface area contributed by atoms with Crippen LogP contribution in [0, 0.1) is 0 Å². The van der Waals surface area contributed by atoms with Crippen molar-refractivity contribution in [2.24, 2.45) is 0 Å². The van der Waals surface area contributed by atoms with E-state index in [1.807, 2.05) is 13.8 Å². The fourth-order valence-corrected chi connectivity index (χ4v) is 0.938. The van der Waals surface area contributed by atoms with Gasteiger partial charge in [0.15, 0.2) is 0 Å². The van der Waals surface area contributed by atoms with Crippen LogP contribution in [0.2, 0.25) is 0 Å². The average molecular weight is 185 g/mol. The fourth-order valence-electron chi connectivity index (χ4n) is 0.938. The highest BCUT2D eigenvalue weighted by molar-refractivity contribution is 5.75. The Morgan fingerprint density at radius 3 is 1.85 bits per heavy atom. The van der Waals surface area contributed by atoms with Crippen LogP contribution < -0.4 is 6.15 Å². The monoisotopic (exact) mass is 185 g/mol. The molecular formula is C10H26BN2. The summed E-state index contributed by atoms with van der Waals surface area (Å²) in [5.41, 5.74) is 0. The molecule has 1 aliphatic heterocycles. The van der Waals surface area contributed by atoms with Gasteiger partial charge in [-0.05, 0) is 26.5 Å². The van der Waals surface area contributed by atoms with E-state index in [9.17, 15) is 0 Å². The van der Waals surface area contributed by atoms with Gasteiger partial charge in [0, 0.05) is 21.0 Å². The molecule has 1 rings (SSSR count). The van der Waals surface area contributed by atoms with Gasteiger partial charge in [0.25, 0.3) is 0 Å². The van der Waals surface area contributed by atoms with Crippen LogP contribution in [0.5, 0.6) is 0 Å². The van der Waals surface area contributed by atoms with Crippen molar-refractivity contribution in [1.82, 2.24) is 11.1 Å². The highest BCUT2D eigenvalue weighted by Crippen LogP contribution is 2.07. The molecule has 3 N–H and O–H groups in total. The van der Waals surface area contributed by atoms with E-state index in [1.54, 1.807) is 0 Å². The topological polar surface area (TPSA) is 38.2 Å². The van der Waals surface area contributed by atoms with Gasteiger partial charge < -0.3 is 11.1 Å². The van der Waals surface area contributed by atoms with Gasteiger partial charge in [0.1, 0.15) is 0 Å². The summed E-state index contributed by atoms with van der Waals surface area (Å²) in [6.45, 7) is 9.66. The van der Waals surface area contributed by atoms with Crippen LogP contribution in [-0.4, -0.2) is 25.9 Å². The predicted octanol–water partition coefficient (Wildman–Crippen LogP) is 3.06. The van der Waals surface area contributed by atoms with E-state index < -0.39 is 0 Å². The van der Waals surface area contributed by atoms with Crippen LogP contribution in [0.25, 0.3) is 0 Å². The van der Waals surface area contributed by atoms with Crippen molar-refractivity contribution in [3.05, 3.63) is 12.3 Å². The molecule has 0 aromatic carbocycles. The molecular weight excluding hydrogens is 159 g/mol. The zero-order valence-corrected chi connectivity index (χ0v) is 8.88. The Labute approximate surface area is 86.6 Å². The minimum Gasteiger partial charge on any atom is -0.375 e. The second-order valence-electron chi connectivity index (χ2n) is 2.51. The first-order valence-corrected chi connectivity index (χ1v) is 4.23. The molecule has 79 valence electrons. The Bertz CT molecular complexity index is 103. The molecule has 0 atom stereocenters. The Balaban J connectivity index is -0.0000000761. The maximum absolute atomic E-state index is 2.35. The summed E-state index contributed by atoms with van der Waals surface area (Å²) >= 11 is 0. The maximum atomic E-state index is 2.35. The molecule has 3 radical (unpaired) electrons. The average Bonchev–Trinajstić information content (AvgIpc) is 2.42. The third kappa shape index (κ3) is 9.48. The van der Waals surface area contributed by atoms with E-state index in [0.29, 0.717) is 6.04 Å². The molecule has 0 fully saturated rings. The lowest BCUT2D eigenvalue weighted by atomic mass is 10.3. The fraction of sp³-hybridized carbons (Fsp3) is 0.800. The van der Waals surface area contributed by atoms with E-state index in [4.69, 9.17) is 0 Å². The van der Waals surface area contributed by atoms with Crippen molar-refractivity contribution >= 4 is 8.41 Å². The molecule has 0 unspecified atom stereocenters. The minimum absolute atomic E-state index is 0. The Morgan fingerprint density at radius 2 is 1.69 bits per heavy atom. The van der Waals surface area contributed by atoms with E-state index in [-0.39, 0.29) is 22.0 Å².